The van der Waals surface area contributed by atoms with Crippen molar-refractivity contribution in [2.24, 2.45) is 5.41 Å². The molecule has 0 atom stereocenters. The minimum absolute atomic E-state index is 0.0695. The third-order valence-electron chi connectivity index (χ3n) is 4.76. The van der Waals surface area contributed by atoms with Gasteiger partial charge in [-0.1, -0.05) is 43.6 Å². The van der Waals surface area contributed by atoms with Crippen LogP contribution < -0.4 is 5.32 Å². The fourth-order valence-corrected chi connectivity index (χ4v) is 3.90. The van der Waals surface area contributed by atoms with Crippen molar-refractivity contribution in [3.8, 4) is 22.6 Å². The Morgan fingerprint density at radius 3 is 2.73 bits per heavy atom. The molecule has 0 spiro atoms. The average molecular weight is 425 g/mol. The molecule has 3 aromatic heterocycles. The third kappa shape index (κ3) is 4.17. The van der Waals surface area contributed by atoms with Gasteiger partial charge in [0.05, 0.1) is 10.7 Å². The van der Waals surface area contributed by atoms with Crippen LogP contribution in [0.3, 0.4) is 0 Å². The van der Waals surface area contributed by atoms with Crippen LogP contribution in [0, 0.1) is 5.41 Å². The average Bonchev–Trinajstić information content (AvgIpc) is 3.27. The first-order chi connectivity index (χ1) is 14.3. The Hall–Kier alpha value is -2.90. The summed E-state index contributed by atoms with van der Waals surface area (Å²) < 4.78 is 7.40. The minimum Gasteiger partial charge on any atom is -0.432 e. The van der Waals surface area contributed by atoms with E-state index in [0.717, 1.165) is 35.7 Å². The summed E-state index contributed by atoms with van der Waals surface area (Å²) in [5.41, 5.74) is 3.16. The molecular weight excluding hydrogens is 400 g/mol. The fourth-order valence-electron chi connectivity index (χ4n) is 3.68. The zero-order valence-electron chi connectivity index (χ0n) is 17.6. The van der Waals surface area contributed by atoms with Crippen molar-refractivity contribution in [3.05, 3.63) is 54.0 Å². The summed E-state index contributed by atoms with van der Waals surface area (Å²) >= 11 is 6.46. The number of halogens is 1. The van der Waals surface area contributed by atoms with Gasteiger partial charge in [-0.3, -0.25) is 4.40 Å². The van der Waals surface area contributed by atoms with Gasteiger partial charge in [-0.05, 0) is 31.6 Å². The Kier molecular flexibility index (Phi) is 5.49. The molecule has 0 aliphatic carbocycles. The van der Waals surface area contributed by atoms with Gasteiger partial charge in [-0.2, -0.15) is 4.98 Å². The molecule has 0 saturated heterocycles. The van der Waals surface area contributed by atoms with Gasteiger partial charge in [-0.15, -0.1) is 0 Å². The number of hydrogen-bond acceptors (Lipinski definition) is 6. The van der Waals surface area contributed by atoms with Crippen LogP contribution in [0.4, 0.5) is 5.95 Å². The van der Waals surface area contributed by atoms with Crippen molar-refractivity contribution in [1.82, 2.24) is 24.3 Å². The van der Waals surface area contributed by atoms with E-state index in [1.54, 1.807) is 12.5 Å². The van der Waals surface area contributed by atoms with Gasteiger partial charge in [0, 0.05) is 31.0 Å². The highest BCUT2D eigenvalue weighted by Gasteiger charge is 2.22. The highest BCUT2D eigenvalue weighted by Crippen LogP contribution is 2.35. The molecule has 1 aromatic carbocycles. The van der Waals surface area contributed by atoms with Crippen molar-refractivity contribution < 1.29 is 4.42 Å². The van der Waals surface area contributed by atoms with Crippen molar-refractivity contribution in [1.29, 1.82) is 0 Å². The van der Waals surface area contributed by atoms with E-state index in [-0.39, 0.29) is 5.41 Å². The molecule has 0 amide bonds. The van der Waals surface area contributed by atoms with Crippen molar-refractivity contribution in [2.75, 3.05) is 32.5 Å². The molecular formula is C22H25ClN6O. The highest BCUT2D eigenvalue weighted by atomic mass is 35.5. The smallest absolute Gasteiger partial charge is 0.306 e. The van der Waals surface area contributed by atoms with Crippen LogP contribution in [-0.4, -0.2) is 51.4 Å². The monoisotopic (exact) mass is 424 g/mol. The number of hydrogen-bond donors (Lipinski definition) is 1. The maximum absolute atomic E-state index is 6.46. The maximum Gasteiger partial charge on any atom is 0.306 e. The largest absolute Gasteiger partial charge is 0.432 e. The number of imidazole rings is 1. The normalized spacial score (nSPS) is 12.1. The molecule has 8 heteroatoms. The number of rotatable bonds is 7. The quantitative estimate of drug-likeness (QED) is 0.463. The molecule has 1 N–H and O–H groups in total. The minimum atomic E-state index is 0.0695. The summed E-state index contributed by atoms with van der Waals surface area (Å²) in [6.07, 6.45) is 5.18. The summed E-state index contributed by atoms with van der Waals surface area (Å²) in [6, 6.07) is 9.49. The van der Waals surface area contributed by atoms with Crippen LogP contribution in [0.1, 0.15) is 13.8 Å². The lowest BCUT2D eigenvalue weighted by molar-refractivity contribution is 0.254. The van der Waals surface area contributed by atoms with E-state index in [9.17, 15) is 0 Å². The van der Waals surface area contributed by atoms with Gasteiger partial charge >= 0.3 is 5.84 Å². The summed E-state index contributed by atoms with van der Waals surface area (Å²) in [6.45, 7) is 6.13. The summed E-state index contributed by atoms with van der Waals surface area (Å²) in [5.74, 6) is 1.06. The van der Waals surface area contributed by atoms with E-state index < -0.39 is 0 Å². The molecule has 0 aliphatic rings. The SMILES string of the molecule is CN(C)CC(C)(C)CNc1nccc(-c2c(-c3ccccc3Cl)nc3occn23)n1. The molecule has 0 aliphatic heterocycles. The van der Waals surface area contributed by atoms with Crippen LogP contribution in [0.2, 0.25) is 5.02 Å². The number of benzene rings is 1. The first-order valence-electron chi connectivity index (χ1n) is 9.76. The number of anilines is 1. The number of nitrogens with zero attached hydrogens (tertiary/aromatic N) is 5. The lowest BCUT2D eigenvalue weighted by Crippen LogP contribution is -2.34. The molecule has 156 valence electrons. The predicted octanol–water partition coefficient (Wildman–Crippen LogP) is 4.70. The molecule has 0 radical (unpaired) electrons. The molecule has 30 heavy (non-hydrogen) atoms. The lowest BCUT2D eigenvalue weighted by Gasteiger charge is -2.28. The van der Waals surface area contributed by atoms with E-state index in [1.165, 1.54) is 0 Å². The van der Waals surface area contributed by atoms with Crippen molar-refractivity contribution in [3.63, 3.8) is 0 Å². The molecule has 0 saturated carbocycles. The molecule has 3 heterocycles. The molecule has 0 fully saturated rings. The molecule has 4 rings (SSSR count). The summed E-state index contributed by atoms with van der Waals surface area (Å²) in [5, 5.41) is 4.00. The van der Waals surface area contributed by atoms with Crippen LogP contribution in [0.15, 0.2) is 53.4 Å². The number of aromatic nitrogens is 4. The van der Waals surface area contributed by atoms with E-state index in [4.69, 9.17) is 21.0 Å². The first-order valence-corrected chi connectivity index (χ1v) is 10.1. The van der Waals surface area contributed by atoms with Crippen molar-refractivity contribution in [2.45, 2.75) is 13.8 Å². The number of oxazole rings is 1. The second-order valence-electron chi connectivity index (χ2n) is 8.37. The first kappa shape index (κ1) is 20.4. The zero-order valence-corrected chi connectivity index (χ0v) is 18.3. The van der Waals surface area contributed by atoms with Crippen LogP contribution >= 0.6 is 11.6 Å². The number of fused-ring (bicyclic) bond motifs is 1. The van der Waals surface area contributed by atoms with Crippen LogP contribution in [0.5, 0.6) is 0 Å². The molecule has 7 nitrogen and oxygen atoms in total. The number of nitrogens with one attached hydrogen (secondary N) is 1. The molecule has 4 aromatic rings. The van der Waals surface area contributed by atoms with Gasteiger partial charge in [0.15, 0.2) is 0 Å². The third-order valence-corrected chi connectivity index (χ3v) is 5.09. The Labute approximate surface area is 180 Å². The second-order valence-corrected chi connectivity index (χ2v) is 8.77. The maximum atomic E-state index is 6.46. The highest BCUT2D eigenvalue weighted by molar-refractivity contribution is 6.33. The lowest BCUT2D eigenvalue weighted by atomic mass is 9.93. The van der Waals surface area contributed by atoms with Gasteiger partial charge in [0.25, 0.3) is 0 Å². The Morgan fingerprint density at radius 2 is 1.97 bits per heavy atom. The molecule has 0 bridgehead atoms. The van der Waals surface area contributed by atoms with Gasteiger partial charge < -0.3 is 14.6 Å². The predicted molar refractivity (Wildman–Crippen MR) is 120 cm³/mol. The van der Waals surface area contributed by atoms with Gasteiger partial charge in [0.1, 0.15) is 17.7 Å². The summed E-state index contributed by atoms with van der Waals surface area (Å²) in [4.78, 5) is 16.0. The standard InChI is InChI=1S/C22H25ClN6O/c1-22(2,14-28(3)4)13-25-20-24-10-9-17(26-20)19-18(15-7-5-6-8-16(15)23)27-21-29(19)11-12-30-21/h5-12H,13-14H2,1-4H3,(H,24,25,26). The van der Waals surface area contributed by atoms with E-state index in [2.05, 4.69) is 48.1 Å². The molecule has 0 unspecified atom stereocenters. The zero-order chi connectivity index (χ0) is 21.3. The fraction of sp³-hybridized carbons (Fsp3) is 0.318. The van der Waals surface area contributed by atoms with Gasteiger partial charge in [-0.25, -0.2) is 9.97 Å². The van der Waals surface area contributed by atoms with Crippen LogP contribution in [0.25, 0.3) is 28.5 Å². The topological polar surface area (TPSA) is 71.5 Å². The van der Waals surface area contributed by atoms with Crippen molar-refractivity contribution >= 4 is 23.4 Å². The van der Waals surface area contributed by atoms with E-state index >= 15 is 0 Å². The Morgan fingerprint density at radius 1 is 1.17 bits per heavy atom. The van der Waals surface area contributed by atoms with E-state index in [1.807, 2.05) is 40.9 Å². The van der Waals surface area contributed by atoms with E-state index in [0.29, 0.717) is 16.8 Å². The summed E-state index contributed by atoms with van der Waals surface area (Å²) in [7, 11) is 4.15. The van der Waals surface area contributed by atoms with Crippen LogP contribution in [-0.2, 0) is 0 Å². The Bertz CT molecular complexity index is 1160. The van der Waals surface area contributed by atoms with Gasteiger partial charge in [0.2, 0.25) is 5.95 Å². The second kappa shape index (κ2) is 8.08. The Balaban J connectivity index is 1.71.